The van der Waals surface area contributed by atoms with Gasteiger partial charge in [-0.1, -0.05) is 30.7 Å². The van der Waals surface area contributed by atoms with Crippen LogP contribution < -0.4 is 11.1 Å². The van der Waals surface area contributed by atoms with Crippen LogP contribution in [0.1, 0.15) is 24.8 Å². The zero-order chi connectivity index (χ0) is 22.1. The molecule has 1 fully saturated rings. The summed E-state index contributed by atoms with van der Waals surface area (Å²) in [4.78, 5) is 25.8. The van der Waals surface area contributed by atoms with Crippen molar-refractivity contribution in [2.24, 2.45) is 7.05 Å². The number of pyridine rings is 1. The number of carbonyl (C=O) groups excluding carboxylic acids is 1. The second kappa shape index (κ2) is 7.88. The summed E-state index contributed by atoms with van der Waals surface area (Å²) >= 11 is 0. The molecule has 3 N–H and O–H groups in total. The van der Waals surface area contributed by atoms with E-state index in [4.69, 9.17) is 5.73 Å². The van der Waals surface area contributed by atoms with Crippen molar-refractivity contribution in [3.8, 4) is 22.3 Å². The molecule has 0 spiro atoms. The molecule has 0 unspecified atom stereocenters. The number of amides is 1. The van der Waals surface area contributed by atoms with E-state index in [1.165, 1.54) is 0 Å². The summed E-state index contributed by atoms with van der Waals surface area (Å²) in [6.45, 7) is 0. The van der Waals surface area contributed by atoms with Crippen molar-refractivity contribution in [1.82, 2.24) is 24.7 Å². The molecular weight excluding hydrogens is 402 g/mol. The van der Waals surface area contributed by atoms with Gasteiger partial charge in [0.1, 0.15) is 5.82 Å². The summed E-state index contributed by atoms with van der Waals surface area (Å²) in [5.41, 5.74) is 9.86. The van der Waals surface area contributed by atoms with Gasteiger partial charge >= 0.3 is 0 Å². The van der Waals surface area contributed by atoms with Crippen LogP contribution in [0.2, 0.25) is 0 Å². The van der Waals surface area contributed by atoms with Crippen molar-refractivity contribution >= 4 is 17.7 Å². The molecule has 5 rings (SSSR count). The van der Waals surface area contributed by atoms with E-state index in [1.807, 2.05) is 49.6 Å². The lowest BCUT2D eigenvalue weighted by Crippen LogP contribution is -2.46. The monoisotopic (exact) mass is 425 g/mol. The standard InChI is InChI=1S/C24H23N7O/c1-31-15-19(14-29-31)17-5-8-21(26-11-17)30-22(32)24(9-2-10-24)20-6-3-16(4-7-20)18-12-27-23(25)28-13-18/h3-8,11-15H,2,9-10H2,1H3,(H2,25,27,28)(H,26,30,32). The Morgan fingerprint density at radius 3 is 2.16 bits per heavy atom. The van der Waals surface area contributed by atoms with Gasteiger partial charge in [0.2, 0.25) is 11.9 Å². The molecule has 32 heavy (non-hydrogen) atoms. The topological polar surface area (TPSA) is 112 Å². The number of benzene rings is 1. The van der Waals surface area contributed by atoms with Crippen LogP contribution in [0, 0.1) is 0 Å². The summed E-state index contributed by atoms with van der Waals surface area (Å²) in [7, 11) is 1.87. The van der Waals surface area contributed by atoms with Gasteiger partial charge in [0.25, 0.3) is 0 Å². The molecule has 1 saturated carbocycles. The first-order chi connectivity index (χ1) is 15.5. The van der Waals surface area contributed by atoms with Crippen molar-refractivity contribution in [2.45, 2.75) is 24.7 Å². The van der Waals surface area contributed by atoms with Crippen LogP contribution in [-0.2, 0) is 17.3 Å². The van der Waals surface area contributed by atoms with Crippen LogP contribution in [0.15, 0.2) is 67.4 Å². The Morgan fingerprint density at radius 1 is 0.906 bits per heavy atom. The van der Waals surface area contributed by atoms with E-state index in [9.17, 15) is 4.79 Å². The Bertz CT molecular complexity index is 1240. The van der Waals surface area contributed by atoms with Gasteiger partial charge in [-0.3, -0.25) is 9.48 Å². The van der Waals surface area contributed by atoms with E-state index >= 15 is 0 Å². The highest BCUT2D eigenvalue weighted by Gasteiger charge is 2.45. The molecule has 4 aromatic rings. The highest BCUT2D eigenvalue weighted by molar-refractivity contribution is 5.99. The van der Waals surface area contributed by atoms with Gasteiger partial charge in [-0.05, 0) is 36.1 Å². The minimum Gasteiger partial charge on any atom is -0.368 e. The molecule has 1 aliphatic carbocycles. The fourth-order valence-corrected chi connectivity index (χ4v) is 4.09. The maximum atomic E-state index is 13.3. The normalized spacial score (nSPS) is 14.5. The predicted molar refractivity (Wildman–Crippen MR) is 122 cm³/mol. The molecule has 8 nitrogen and oxygen atoms in total. The van der Waals surface area contributed by atoms with E-state index in [0.29, 0.717) is 5.82 Å². The number of hydrogen-bond donors (Lipinski definition) is 2. The maximum Gasteiger partial charge on any atom is 0.236 e. The number of nitrogen functional groups attached to an aromatic ring is 1. The van der Waals surface area contributed by atoms with Crippen molar-refractivity contribution in [3.63, 3.8) is 0 Å². The Hall–Kier alpha value is -4.07. The Labute approximate surface area is 185 Å². The van der Waals surface area contributed by atoms with Gasteiger partial charge in [-0.25, -0.2) is 15.0 Å². The number of carbonyl (C=O) groups is 1. The Kier molecular flexibility index (Phi) is 4.89. The Morgan fingerprint density at radius 2 is 1.59 bits per heavy atom. The van der Waals surface area contributed by atoms with Crippen LogP contribution in [0.4, 0.5) is 11.8 Å². The van der Waals surface area contributed by atoms with Crippen molar-refractivity contribution < 1.29 is 4.79 Å². The SMILES string of the molecule is Cn1cc(-c2ccc(NC(=O)C3(c4ccc(-c5cnc(N)nc5)cc4)CCC3)nc2)cn1. The molecule has 1 amide bonds. The van der Waals surface area contributed by atoms with E-state index in [1.54, 1.807) is 29.5 Å². The summed E-state index contributed by atoms with van der Waals surface area (Å²) in [6, 6.07) is 11.8. The molecule has 0 atom stereocenters. The molecule has 0 aliphatic heterocycles. The van der Waals surface area contributed by atoms with Crippen LogP contribution >= 0.6 is 0 Å². The molecule has 160 valence electrons. The number of aromatic nitrogens is 5. The second-order valence-corrected chi connectivity index (χ2v) is 8.13. The molecule has 0 saturated heterocycles. The zero-order valence-corrected chi connectivity index (χ0v) is 17.7. The van der Waals surface area contributed by atoms with Gasteiger partial charge in [-0.15, -0.1) is 0 Å². The number of nitrogens with zero attached hydrogens (tertiary/aromatic N) is 5. The largest absolute Gasteiger partial charge is 0.368 e. The average Bonchev–Trinajstić information content (AvgIpc) is 3.21. The minimum absolute atomic E-state index is 0.0195. The van der Waals surface area contributed by atoms with Gasteiger partial charge in [0.15, 0.2) is 0 Å². The van der Waals surface area contributed by atoms with Crippen molar-refractivity contribution in [2.75, 3.05) is 11.1 Å². The van der Waals surface area contributed by atoms with Gasteiger partial charge < -0.3 is 11.1 Å². The molecule has 3 aromatic heterocycles. The second-order valence-electron chi connectivity index (χ2n) is 8.13. The third-order valence-corrected chi connectivity index (χ3v) is 6.13. The van der Waals surface area contributed by atoms with Gasteiger partial charge in [-0.2, -0.15) is 5.10 Å². The van der Waals surface area contributed by atoms with Crippen LogP contribution in [-0.4, -0.2) is 30.6 Å². The third-order valence-electron chi connectivity index (χ3n) is 6.13. The first-order valence-electron chi connectivity index (χ1n) is 10.5. The summed E-state index contributed by atoms with van der Waals surface area (Å²) in [5, 5.41) is 7.20. The number of anilines is 2. The molecule has 8 heteroatoms. The van der Waals surface area contributed by atoms with E-state index in [-0.39, 0.29) is 11.9 Å². The summed E-state index contributed by atoms with van der Waals surface area (Å²) in [5.74, 6) is 0.774. The van der Waals surface area contributed by atoms with E-state index in [2.05, 4.69) is 25.4 Å². The fourth-order valence-electron chi connectivity index (χ4n) is 4.09. The predicted octanol–water partition coefficient (Wildman–Crippen LogP) is 3.58. The highest BCUT2D eigenvalue weighted by atomic mass is 16.2. The third kappa shape index (κ3) is 3.60. The average molecular weight is 425 g/mol. The Balaban J connectivity index is 1.33. The number of nitrogens with one attached hydrogen (secondary N) is 1. The van der Waals surface area contributed by atoms with Crippen LogP contribution in [0.5, 0.6) is 0 Å². The number of hydrogen-bond acceptors (Lipinski definition) is 6. The van der Waals surface area contributed by atoms with E-state index in [0.717, 1.165) is 47.1 Å². The zero-order valence-electron chi connectivity index (χ0n) is 17.7. The number of rotatable bonds is 5. The van der Waals surface area contributed by atoms with Gasteiger partial charge in [0.05, 0.1) is 11.6 Å². The van der Waals surface area contributed by atoms with Crippen LogP contribution in [0.3, 0.4) is 0 Å². The minimum atomic E-state index is -0.528. The first kappa shape index (κ1) is 19.9. The summed E-state index contributed by atoms with van der Waals surface area (Å²) in [6.07, 6.45) is 11.5. The number of aryl methyl sites for hydroxylation is 1. The molecule has 1 aliphatic rings. The lowest BCUT2D eigenvalue weighted by Gasteiger charge is -2.40. The first-order valence-corrected chi connectivity index (χ1v) is 10.5. The maximum absolute atomic E-state index is 13.3. The highest BCUT2D eigenvalue weighted by Crippen LogP contribution is 2.45. The molecule has 3 heterocycles. The van der Waals surface area contributed by atoms with Gasteiger partial charge in [0, 0.05) is 48.5 Å². The van der Waals surface area contributed by atoms with Crippen LogP contribution in [0.25, 0.3) is 22.3 Å². The molecule has 0 bridgehead atoms. The molecular formula is C24H23N7O. The van der Waals surface area contributed by atoms with E-state index < -0.39 is 5.41 Å². The van der Waals surface area contributed by atoms with Crippen molar-refractivity contribution in [3.05, 3.63) is 72.9 Å². The summed E-state index contributed by atoms with van der Waals surface area (Å²) < 4.78 is 1.75. The molecule has 0 radical (unpaired) electrons. The van der Waals surface area contributed by atoms with Crippen molar-refractivity contribution in [1.29, 1.82) is 0 Å². The lowest BCUT2D eigenvalue weighted by molar-refractivity contribution is -0.124. The molecule has 1 aromatic carbocycles. The number of nitrogens with two attached hydrogens (primary N) is 1. The smallest absolute Gasteiger partial charge is 0.236 e. The quantitative estimate of drug-likeness (QED) is 0.505. The lowest BCUT2D eigenvalue weighted by atomic mass is 9.63. The fraction of sp³-hybridized carbons (Fsp3) is 0.208.